The van der Waals surface area contributed by atoms with Crippen LogP contribution < -0.4 is 4.74 Å². The molecule has 3 nitrogen and oxygen atoms in total. The quantitative estimate of drug-likeness (QED) is 0.824. The smallest absolute Gasteiger partial charge is 0.119 e. The first kappa shape index (κ1) is 12.4. The van der Waals surface area contributed by atoms with Crippen molar-refractivity contribution < 1.29 is 14.6 Å². The highest BCUT2D eigenvalue weighted by molar-refractivity contribution is 5.32. The fraction of sp³-hybridized carbons (Fsp3) is 0.571. The van der Waals surface area contributed by atoms with Crippen molar-refractivity contribution in [3.05, 3.63) is 29.8 Å². The van der Waals surface area contributed by atoms with E-state index >= 15 is 0 Å². The van der Waals surface area contributed by atoms with Gasteiger partial charge in [0.05, 0.1) is 13.2 Å². The summed E-state index contributed by atoms with van der Waals surface area (Å²) in [6.07, 6.45) is 2.15. The molecule has 0 heterocycles. The summed E-state index contributed by atoms with van der Waals surface area (Å²) in [5.41, 5.74) is 0.0877. The summed E-state index contributed by atoms with van der Waals surface area (Å²) in [6, 6.07) is 7.67. The molecule has 1 fully saturated rings. The summed E-state index contributed by atoms with van der Waals surface area (Å²) in [7, 11) is 1.63. The molecule has 1 aromatic carbocycles. The molecule has 0 aromatic heterocycles. The van der Waals surface area contributed by atoms with Crippen LogP contribution in [0, 0.1) is 5.92 Å². The summed E-state index contributed by atoms with van der Waals surface area (Å²) >= 11 is 0. The van der Waals surface area contributed by atoms with Crippen LogP contribution in [-0.4, -0.2) is 25.4 Å². The van der Waals surface area contributed by atoms with Gasteiger partial charge in [-0.1, -0.05) is 12.1 Å². The van der Waals surface area contributed by atoms with Crippen LogP contribution in [0.4, 0.5) is 0 Å². The Morgan fingerprint density at radius 2 is 1.94 bits per heavy atom. The molecule has 0 aliphatic heterocycles. The van der Waals surface area contributed by atoms with Gasteiger partial charge < -0.3 is 14.6 Å². The SMILES string of the molecule is CCOc1ccc(C(O)(COC)C2CC2)cc1. The van der Waals surface area contributed by atoms with Crippen molar-refractivity contribution in [1.29, 1.82) is 0 Å². The second-order valence-corrected chi connectivity index (χ2v) is 4.59. The largest absolute Gasteiger partial charge is 0.494 e. The zero-order valence-electron chi connectivity index (χ0n) is 10.5. The molecule has 3 heteroatoms. The molecular formula is C14H20O3. The van der Waals surface area contributed by atoms with Crippen LogP contribution in [0.15, 0.2) is 24.3 Å². The molecule has 1 saturated carbocycles. The third-order valence-corrected chi connectivity index (χ3v) is 3.28. The van der Waals surface area contributed by atoms with E-state index in [1.165, 1.54) is 0 Å². The van der Waals surface area contributed by atoms with E-state index in [4.69, 9.17) is 9.47 Å². The molecular weight excluding hydrogens is 216 g/mol. The van der Waals surface area contributed by atoms with Gasteiger partial charge in [-0.15, -0.1) is 0 Å². The van der Waals surface area contributed by atoms with Crippen molar-refractivity contribution >= 4 is 0 Å². The number of aliphatic hydroxyl groups is 1. The maximum atomic E-state index is 10.7. The van der Waals surface area contributed by atoms with E-state index in [0.717, 1.165) is 24.2 Å². The highest BCUT2D eigenvalue weighted by Crippen LogP contribution is 2.46. The zero-order valence-corrected chi connectivity index (χ0v) is 10.5. The zero-order chi connectivity index (χ0) is 12.3. The summed E-state index contributed by atoms with van der Waals surface area (Å²) in [6.45, 7) is 2.97. The molecule has 0 bridgehead atoms. The van der Waals surface area contributed by atoms with Gasteiger partial charge in [0.25, 0.3) is 0 Å². The first-order valence-corrected chi connectivity index (χ1v) is 6.15. The van der Waals surface area contributed by atoms with Gasteiger partial charge in [0.1, 0.15) is 11.4 Å². The molecule has 0 spiro atoms. The van der Waals surface area contributed by atoms with Crippen LogP contribution in [0.5, 0.6) is 5.75 Å². The highest BCUT2D eigenvalue weighted by atomic mass is 16.5. The van der Waals surface area contributed by atoms with Gasteiger partial charge in [0.15, 0.2) is 0 Å². The first-order chi connectivity index (χ1) is 8.20. The Morgan fingerprint density at radius 3 is 2.41 bits per heavy atom. The molecule has 1 aromatic rings. The third-order valence-electron chi connectivity index (χ3n) is 3.28. The average Bonchev–Trinajstić information content (AvgIpc) is 3.15. The Kier molecular flexibility index (Phi) is 3.69. The van der Waals surface area contributed by atoms with E-state index in [-0.39, 0.29) is 0 Å². The van der Waals surface area contributed by atoms with E-state index in [2.05, 4.69) is 0 Å². The number of hydrogen-bond donors (Lipinski definition) is 1. The van der Waals surface area contributed by atoms with Gasteiger partial charge in [-0.2, -0.15) is 0 Å². The van der Waals surface area contributed by atoms with Crippen LogP contribution in [0.3, 0.4) is 0 Å². The Labute approximate surface area is 102 Å². The molecule has 1 atom stereocenters. The lowest BCUT2D eigenvalue weighted by Gasteiger charge is -2.28. The van der Waals surface area contributed by atoms with Gasteiger partial charge >= 0.3 is 0 Å². The van der Waals surface area contributed by atoms with Crippen molar-refractivity contribution in [3.8, 4) is 5.75 Å². The molecule has 1 unspecified atom stereocenters. The summed E-state index contributed by atoms with van der Waals surface area (Å²) < 4.78 is 10.6. The predicted octanol–water partition coefficient (Wildman–Crippen LogP) is 2.33. The molecule has 1 N–H and O–H groups in total. The second kappa shape index (κ2) is 5.07. The van der Waals surface area contributed by atoms with Crippen LogP contribution in [0.2, 0.25) is 0 Å². The monoisotopic (exact) mass is 236 g/mol. The standard InChI is InChI=1S/C14H20O3/c1-3-17-13-8-6-12(7-9-13)14(15,10-16-2)11-4-5-11/h6-9,11,15H,3-5,10H2,1-2H3. The fourth-order valence-electron chi connectivity index (χ4n) is 2.22. The topological polar surface area (TPSA) is 38.7 Å². The van der Waals surface area contributed by atoms with Gasteiger partial charge in [0, 0.05) is 7.11 Å². The molecule has 94 valence electrons. The van der Waals surface area contributed by atoms with Gasteiger partial charge in [0.2, 0.25) is 0 Å². The summed E-state index contributed by atoms with van der Waals surface area (Å²) in [5.74, 6) is 1.17. The van der Waals surface area contributed by atoms with E-state index in [0.29, 0.717) is 19.1 Å². The van der Waals surface area contributed by atoms with Crippen LogP contribution in [-0.2, 0) is 10.3 Å². The average molecular weight is 236 g/mol. The molecule has 1 aliphatic rings. The minimum Gasteiger partial charge on any atom is -0.494 e. The first-order valence-electron chi connectivity index (χ1n) is 6.15. The van der Waals surface area contributed by atoms with Crippen molar-refractivity contribution in [2.45, 2.75) is 25.4 Å². The summed E-state index contributed by atoms with van der Waals surface area (Å²) in [4.78, 5) is 0. The minimum absolute atomic E-state index is 0.334. The van der Waals surface area contributed by atoms with E-state index in [9.17, 15) is 5.11 Å². The highest BCUT2D eigenvalue weighted by Gasteiger charge is 2.45. The van der Waals surface area contributed by atoms with Crippen molar-refractivity contribution in [2.75, 3.05) is 20.3 Å². The number of benzene rings is 1. The second-order valence-electron chi connectivity index (χ2n) is 4.59. The van der Waals surface area contributed by atoms with Crippen LogP contribution in [0.25, 0.3) is 0 Å². The van der Waals surface area contributed by atoms with Crippen LogP contribution >= 0.6 is 0 Å². The normalized spacial score (nSPS) is 18.8. The van der Waals surface area contributed by atoms with Gasteiger partial charge in [-0.05, 0) is 43.4 Å². The van der Waals surface area contributed by atoms with Gasteiger partial charge in [-0.25, -0.2) is 0 Å². The number of ether oxygens (including phenoxy) is 2. The van der Waals surface area contributed by atoms with E-state index in [1.807, 2.05) is 31.2 Å². The molecule has 17 heavy (non-hydrogen) atoms. The maximum absolute atomic E-state index is 10.7. The molecule has 2 rings (SSSR count). The fourth-order valence-corrected chi connectivity index (χ4v) is 2.22. The van der Waals surface area contributed by atoms with E-state index < -0.39 is 5.60 Å². The molecule has 0 radical (unpaired) electrons. The van der Waals surface area contributed by atoms with Gasteiger partial charge in [-0.3, -0.25) is 0 Å². The minimum atomic E-state index is -0.834. The van der Waals surface area contributed by atoms with E-state index in [1.54, 1.807) is 7.11 Å². The Balaban J connectivity index is 2.18. The lowest BCUT2D eigenvalue weighted by atomic mass is 9.89. The molecule has 0 amide bonds. The lowest BCUT2D eigenvalue weighted by molar-refractivity contribution is -0.0532. The Morgan fingerprint density at radius 1 is 1.29 bits per heavy atom. The predicted molar refractivity (Wildman–Crippen MR) is 66.1 cm³/mol. The Hall–Kier alpha value is -1.06. The van der Waals surface area contributed by atoms with Crippen molar-refractivity contribution in [3.63, 3.8) is 0 Å². The van der Waals surface area contributed by atoms with Crippen LogP contribution in [0.1, 0.15) is 25.3 Å². The molecule has 1 aliphatic carbocycles. The maximum Gasteiger partial charge on any atom is 0.119 e. The van der Waals surface area contributed by atoms with Crippen molar-refractivity contribution in [1.82, 2.24) is 0 Å². The number of rotatable bonds is 6. The Bertz CT molecular complexity index is 356. The third kappa shape index (κ3) is 2.61. The number of methoxy groups -OCH3 is 1. The number of hydrogen-bond acceptors (Lipinski definition) is 3. The van der Waals surface area contributed by atoms with Crippen molar-refractivity contribution in [2.24, 2.45) is 5.92 Å². The summed E-state index contributed by atoms with van der Waals surface area (Å²) in [5, 5.41) is 10.7. The lowest BCUT2D eigenvalue weighted by Crippen LogP contribution is -2.33. The molecule has 0 saturated heterocycles.